The van der Waals surface area contributed by atoms with Crippen LogP contribution in [0.1, 0.15) is 27.6 Å². The molecule has 1 aromatic heterocycles. The molecule has 31 heavy (non-hydrogen) atoms. The van der Waals surface area contributed by atoms with Gasteiger partial charge in [0.25, 0.3) is 5.91 Å². The van der Waals surface area contributed by atoms with Crippen LogP contribution in [0.5, 0.6) is 17.2 Å². The first-order valence-electron chi connectivity index (χ1n) is 9.74. The average Bonchev–Trinajstić information content (AvgIpc) is 3.20. The Labute approximate surface area is 179 Å². The second-order valence-corrected chi connectivity index (χ2v) is 6.91. The van der Waals surface area contributed by atoms with Gasteiger partial charge in [-0.15, -0.1) is 0 Å². The summed E-state index contributed by atoms with van der Waals surface area (Å²) in [6.07, 6.45) is 0. The molecular formula is C24H21N3O4. The van der Waals surface area contributed by atoms with Gasteiger partial charge in [-0.2, -0.15) is 4.98 Å². The molecule has 0 unspecified atom stereocenters. The van der Waals surface area contributed by atoms with Crippen molar-refractivity contribution in [2.75, 3.05) is 5.32 Å². The molecule has 0 saturated heterocycles. The van der Waals surface area contributed by atoms with Gasteiger partial charge in [-0.05, 0) is 55.5 Å². The lowest BCUT2D eigenvalue weighted by Crippen LogP contribution is -2.13. The number of aryl methyl sites for hydroxylation is 2. The molecule has 4 rings (SSSR count). The average molecular weight is 415 g/mol. The van der Waals surface area contributed by atoms with E-state index in [2.05, 4.69) is 15.5 Å². The zero-order chi connectivity index (χ0) is 21.6. The number of rotatable bonds is 7. The predicted molar refractivity (Wildman–Crippen MR) is 115 cm³/mol. The van der Waals surface area contributed by atoms with Crippen LogP contribution in [-0.4, -0.2) is 16.0 Å². The molecule has 156 valence electrons. The topological polar surface area (TPSA) is 86.5 Å². The van der Waals surface area contributed by atoms with Gasteiger partial charge < -0.3 is 19.3 Å². The van der Waals surface area contributed by atoms with Crippen molar-refractivity contribution >= 4 is 11.6 Å². The molecule has 7 heteroatoms. The first kappa shape index (κ1) is 20.2. The summed E-state index contributed by atoms with van der Waals surface area (Å²) in [5.74, 6) is 2.46. The van der Waals surface area contributed by atoms with Crippen LogP contribution in [0, 0.1) is 13.8 Å². The van der Waals surface area contributed by atoms with Crippen molar-refractivity contribution in [3.8, 4) is 17.2 Å². The van der Waals surface area contributed by atoms with Crippen molar-refractivity contribution in [1.29, 1.82) is 0 Å². The highest BCUT2D eigenvalue weighted by Gasteiger charge is 2.14. The summed E-state index contributed by atoms with van der Waals surface area (Å²) in [4.78, 5) is 16.9. The minimum atomic E-state index is -0.285. The number of nitrogens with zero attached hydrogens (tertiary/aromatic N) is 2. The van der Waals surface area contributed by atoms with Crippen LogP contribution in [0.2, 0.25) is 0 Å². The molecule has 1 amide bonds. The second-order valence-electron chi connectivity index (χ2n) is 6.91. The van der Waals surface area contributed by atoms with E-state index in [0.717, 1.165) is 5.75 Å². The maximum absolute atomic E-state index is 12.8. The molecular weight excluding hydrogens is 394 g/mol. The molecule has 0 radical (unpaired) electrons. The quantitative estimate of drug-likeness (QED) is 0.440. The lowest BCUT2D eigenvalue weighted by Gasteiger charge is -2.11. The molecule has 0 spiro atoms. The summed E-state index contributed by atoms with van der Waals surface area (Å²) in [6.45, 7) is 3.83. The van der Waals surface area contributed by atoms with E-state index in [9.17, 15) is 4.79 Å². The summed E-state index contributed by atoms with van der Waals surface area (Å²) < 4.78 is 16.5. The number of benzene rings is 3. The maximum Gasteiger partial charge on any atom is 0.259 e. The lowest BCUT2D eigenvalue weighted by atomic mass is 10.2. The Morgan fingerprint density at radius 3 is 2.29 bits per heavy atom. The highest BCUT2D eigenvalue weighted by Crippen LogP contribution is 2.25. The minimum absolute atomic E-state index is 0.104. The molecule has 0 aliphatic carbocycles. The third-order valence-corrected chi connectivity index (χ3v) is 4.43. The number of amides is 1. The van der Waals surface area contributed by atoms with Crippen LogP contribution in [0.3, 0.4) is 0 Å². The number of carbonyl (C=O) groups excluding carboxylic acids is 1. The molecule has 0 fully saturated rings. The zero-order valence-corrected chi connectivity index (χ0v) is 17.2. The molecule has 0 aliphatic rings. The molecule has 1 heterocycles. The van der Waals surface area contributed by atoms with Gasteiger partial charge in [0.1, 0.15) is 17.2 Å². The zero-order valence-electron chi connectivity index (χ0n) is 17.2. The number of carbonyl (C=O) groups is 1. The van der Waals surface area contributed by atoms with Crippen molar-refractivity contribution in [1.82, 2.24) is 10.1 Å². The number of aromatic nitrogens is 2. The van der Waals surface area contributed by atoms with Gasteiger partial charge in [0.2, 0.25) is 11.7 Å². The standard InChI is InChI=1S/C24H21N3O4/c1-16-7-11-19(12-8-16)30-20-13-9-18(10-14-20)26-24(28)21-5-3-4-6-22(21)29-15-23-25-17(2)31-27-23/h3-14H,15H2,1-2H3,(H,26,28). The number of hydrogen-bond acceptors (Lipinski definition) is 6. The van der Waals surface area contributed by atoms with Crippen molar-refractivity contribution in [3.63, 3.8) is 0 Å². The maximum atomic E-state index is 12.8. The number of nitrogens with one attached hydrogen (secondary N) is 1. The Kier molecular flexibility index (Phi) is 5.93. The van der Waals surface area contributed by atoms with Gasteiger partial charge in [-0.1, -0.05) is 35.0 Å². The van der Waals surface area contributed by atoms with Gasteiger partial charge >= 0.3 is 0 Å². The summed E-state index contributed by atoms with van der Waals surface area (Å²) in [5, 5.41) is 6.67. The van der Waals surface area contributed by atoms with E-state index in [0.29, 0.717) is 34.5 Å². The van der Waals surface area contributed by atoms with Gasteiger partial charge in [-0.25, -0.2) is 0 Å². The van der Waals surface area contributed by atoms with Gasteiger partial charge in [0.15, 0.2) is 6.61 Å². The predicted octanol–water partition coefficient (Wildman–Crippen LogP) is 5.31. The molecule has 0 saturated carbocycles. The van der Waals surface area contributed by atoms with Crippen molar-refractivity contribution in [3.05, 3.63) is 95.6 Å². The van der Waals surface area contributed by atoms with E-state index in [-0.39, 0.29) is 12.5 Å². The first-order valence-corrected chi connectivity index (χ1v) is 9.74. The number of ether oxygens (including phenoxy) is 2. The molecule has 7 nitrogen and oxygen atoms in total. The SMILES string of the molecule is Cc1ccc(Oc2ccc(NC(=O)c3ccccc3OCc3noc(C)n3)cc2)cc1. The largest absolute Gasteiger partial charge is 0.485 e. The Hall–Kier alpha value is -4.13. The summed E-state index contributed by atoms with van der Waals surface area (Å²) in [7, 11) is 0. The highest BCUT2D eigenvalue weighted by atomic mass is 16.5. The second kappa shape index (κ2) is 9.13. The van der Waals surface area contributed by atoms with E-state index in [4.69, 9.17) is 14.0 Å². The number of anilines is 1. The number of hydrogen-bond donors (Lipinski definition) is 1. The fourth-order valence-corrected chi connectivity index (χ4v) is 2.87. The van der Waals surface area contributed by atoms with Crippen molar-refractivity contribution in [2.45, 2.75) is 20.5 Å². The van der Waals surface area contributed by atoms with Crippen LogP contribution in [0.4, 0.5) is 5.69 Å². The van der Waals surface area contributed by atoms with Crippen molar-refractivity contribution in [2.24, 2.45) is 0 Å². The number of para-hydroxylation sites is 1. The van der Waals surface area contributed by atoms with Crippen LogP contribution in [0.25, 0.3) is 0 Å². The third-order valence-electron chi connectivity index (χ3n) is 4.43. The highest BCUT2D eigenvalue weighted by molar-refractivity contribution is 6.06. The Bertz CT molecular complexity index is 1170. The van der Waals surface area contributed by atoms with E-state index in [1.54, 1.807) is 55.5 Å². The first-order chi connectivity index (χ1) is 15.1. The summed E-state index contributed by atoms with van der Waals surface area (Å²) in [6, 6.07) is 22.0. The molecule has 1 N–H and O–H groups in total. The fraction of sp³-hybridized carbons (Fsp3) is 0.125. The van der Waals surface area contributed by atoms with Gasteiger partial charge in [0.05, 0.1) is 5.56 Å². The molecule has 3 aromatic carbocycles. The van der Waals surface area contributed by atoms with E-state index >= 15 is 0 Å². The summed E-state index contributed by atoms with van der Waals surface area (Å²) >= 11 is 0. The third kappa shape index (κ3) is 5.27. The van der Waals surface area contributed by atoms with E-state index in [1.165, 1.54) is 5.56 Å². The molecule has 0 bridgehead atoms. The minimum Gasteiger partial charge on any atom is -0.485 e. The van der Waals surface area contributed by atoms with E-state index < -0.39 is 0 Å². The Morgan fingerprint density at radius 1 is 0.935 bits per heavy atom. The van der Waals surface area contributed by atoms with Crippen LogP contribution in [0.15, 0.2) is 77.3 Å². The molecule has 0 atom stereocenters. The van der Waals surface area contributed by atoms with Crippen LogP contribution >= 0.6 is 0 Å². The normalized spacial score (nSPS) is 10.5. The van der Waals surface area contributed by atoms with Crippen LogP contribution in [-0.2, 0) is 6.61 Å². The smallest absolute Gasteiger partial charge is 0.259 e. The molecule has 0 aliphatic heterocycles. The van der Waals surface area contributed by atoms with Crippen molar-refractivity contribution < 1.29 is 18.8 Å². The fourth-order valence-electron chi connectivity index (χ4n) is 2.87. The Morgan fingerprint density at radius 2 is 1.61 bits per heavy atom. The lowest BCUT2D eigenvalue weighted by molar-refractivity contribution is 0.102. The molecule has 4 aromatic rings. The van der Waals surface area contributed by atoms with E-state index in [1.807, 2.05) is 31.2 Å². The summed E-state index contributed by atoms with van der Waals surface area (Å²) in [5.41, 5.74) is 2.22. The van der Waals surface area contributed by atoms with Gasteiger partial charge in [-0.3, -0.25) is 4.79 Å². The van der Waals surface area contributed by atoms with Crippen LogP contribution < -0.4 is 14.8 Å². The Balaban J connectivity index is 1.40. The monoisotopic (exact) mass is 415 g/mol. The van der Waals surface area contributed by atoms with Gasteiger partial charge in [0, 0.05) is 12.6 Å².